The Morgan fingerprint density at radius 2 is 2.17 bits per heavy atom. The minimum Gasteiger partial charge on any atom is -0.247 e. The van der Waals surface area contributed by atoms with Crippen molar-refractivity contribution in [3.8, 4) is 6.07 Å². The summed E-state index contributed by atoms with van der Waals surface area (Å²) in [6.45, 7) is 11.0. The molecule has 0 aromatic heterocycles. The maximum absolute atomic E-state index is 14.8. The number of hydrazone groups is 1. The van der Waals surface area contributed by atoms with Gasteiger partial charge in [-0.2, -0.15) is 10.4 Å². The van der Waals surface area contributed by atoms with Gasteiger partial charge in [-0.05, 0) is 49.1 Å². The first-order valence-electron chi connectivity index (χ1n) is 9.54. The number of nitrogens with zero attached hydrogens (tertiary/aromatic N) is 4. The van der Waals surface area contributed by atoms with Crippen LogP contribution in [-0.4, -0.2) is 23.6 Å². The molecule has 0 bridgehead atoms. The summed E-state index contributed by atoms with van der Waals surface area (Å²) < 4.78 is 27.1. The molecule has 6 heteroatoms. The summed E-state index contributed by atoms with van der Waals surface area (Å²) in [7, 11) is 0. The zero-order valence-electron chi connectivity index (χ0n) is 17.2. The minimum absolute atomic E-state index is 0.148. The fourth-order valence-electron chi connectivity index (χ4n) is 2.87. The Balaban J connectivity index is 2.43. The number of rotatable bonds is 7. The number of hydrogen-bond donors (Lipinski definition) is 0. The van der Waals surface area contributed by atoms with Crippen molar-refractivity contribution >= 4 is 11.9 Å². The standard InChI is InChI=1S/C24H24F2N4/c1-5-21-16-28-30(18(4)29-21)24(6-2)19-11-9-12-23(26)22(14-19)17(3)20(15-27)10-7-8-13-25/h6-8,10-12,14,16H,3-5,9,13H2,1-2H3/b8-7-,20-10-,24-6-. The molecule has 1 heterocycles. The van der Waals surface area contributed by atoms with Gasteiger partial charge in [0.05, 0.1) is 29.3 Å². The quantitative estimate of drug-likeness (QED) is 0.376. The molecule has 2 aliphatic rings. The molecule has 1 aliphatic carbocycles. The highest BCUT2D eigenvalue weighted by atomic mass is 19.1. The number of hydrogen-bond acceptors (Lipinski definition) is 4. The van der Waals surface area contributed by atoms with E-state index in [1.54, 1.807) is 17.3 Å². The number of halogens is 2. The number of allylic oxidation sites excluding steroid dienone is 11. The molecular formula is C24H24F2N4. The Morgan fingerprint density at radius 3 is 2.77 bits per heavy atom. The lowest BCUT2D eigenvalue weighted by Crippen LogP contribution is -2.22. The smallest absolute Gasteiger partial charge is 0.147 e. The van der Waals surface area contributed by atoms with Crippen LogP contribution in [0.1, 0.15) is 26.7 Å². The van der Waals surface area contributed by atoms with E-state index in [0.717, 1.165) is 12.1 Å². The van der Waals surface area contributed by atoms with Crippen molar-refractivity contribution in [2.75, 3.05) is 6.67 Å². The van der Waals surface area contributed by atoms with Gasteiger partial charge in [-0.15, -0.1) is 0 Å². The molecule has 1 aliphatic heterocycles. The van der Waals surface area contributed by atoms with E-state index in [4.69, 9.17) is 0 Å². The van der Waals surface area contributed by atoms with Crippen LogP contribution in [0.15, 0.2) is 105 Å². The van der Waals surface area contributed by atoms with Gasteiger partial charge < -0.3 is 0 Å². The molecule has 0 N–H and O–H groups in total. The van der Waals surface area contributed by atoms with E-state index < -0.39 is 12.5 Å². The molecule has 30 heavy (non-hydrogen) atoms. The topological polar surface area (TPSA) is 51.8 Å². The van der Waals surface area contributed by atoms with Crippen LogP contribution in [0.4, 0.5) is 8.78 Å². The van der Waals surface area contributed by atoms with Gasteiger partial charge in [0, 0.05) is 5.57 Å². The van der Waals surface area contributed by atoms with Gasteiger partial charge in [-0.25, -0.2) is 18.8 Å². The zero-order valence-corrected chi connectivity index (χ0v) is 17.2. The Kier molecular flexibility index (Phi) is 8.18. The molecule has 0 amide bonds. The lowest BCUT2D eigenvalue weighted by Gasteiger charge is -2.25. The summed E-state index contributed by atoms with van der Waals surface area (Å²) in [5.74, 6) is -0.0200. The third-order valence-electron chi connectivity index (χ3n) is 4.45. The highest BCUT2D eigenvalue weighted by Gasteiger charge is 2.21. The SMILES string of the molecule is C=C(C1=CC(/C(=C/C)N2N=CC(CC)=NC2=C)=CCC=C1F)/C(C#N)=C\C=C/CF. The van der Waals surface area contributed by atoms with Crippen molar-refractivity contribution < 1.29 is 8.78 Å². The fourth-order valence-corrected chi connectivity index (χ4v) is 2.87. The molecule has 0 aromatic carbocycles. The zero-order chi connectivity index (χ0) is 22.1. The van der Waals surface area contributed by atoms with Crippen molar-refractivity contribution in [2.24, 2.45) is 10.1 Å². The second kappa shape index (κ2) is 10.8. The first-order chi connectivity index (χ1) is 14.5. The van der Waals surface area contributed by atoms with Crippen molar-refractivity contribution in [3.63, 3.8) is 0 Å². The van der Waals surface area contributed by atoms with Crippen LogP contribution in [0, 0.1) is 11.3 Å². The van der Waals surface area contributed by atoms with Crippen LogP contribution in [0.2, 0.25) is 0 Å². The van der Waals surface area contributed by atoms with Crippen molar-refractivity contribution in [1.82, 2.24) is 5.01 Å². The van der Waals surface area contributed by atoms with Gasteiger partial charge in [-0.3, -0.25) is 0 Å². The monoisotopic (exact) mass is 406 g/mol. The summed E-state index contributed by atoms with van der Waals surface area (Å²) in [6.07, 6.45) is 13.6. The van der Waals surface area contributed by atoms with Crippen LogP contribution in [0.5, 0.6) is 0 Å². The van der Waals surface area contributed by atoms with E-state index >= 15 is 0 Å². The van der Waals surface area contributed by atoms with Gasteiger partial charge in [0.2, 0.25) is 0 Å². The van der Waals surface area contributed by atoms with Gasteiger partial charge >= 0.3 is 0 Å². The van der Waals surface area contributed by atoms with Crippen LogP contribution in [-0.2, 0) is 0 Å². The summed E-state index contributed by atoms with van der Waals surface area (Å²) in [5, 5.41) is 15.5. The number of alkyl halides is 1. The molecule has 2 rings (SSSR count). The third kappa shape index (κ3) is 5.26. The molecule has 0 unspecified atom stereocenters. The average molecular weight is 406 g/mol. The van der Waals surface area contributed by atoms with Gasteiger partial charge in [-0.1, -0.05) is 44.4 Å². The number of nitriles is 1. The predicted octanol–water partition coefficient (Wildman–Crippen LogP) is 6.16. The first kappa shape index (κ1) is 22.7. The van der Waals surface area contributed by atoms with E-state index in [1.807, 2.05) is 32.1 Å². The molecule has 0 saturated heterocycles. The molecule has 0 fully saturated rings. The lowest BCUT2D eigenvalue weighted by atomic mass is 9.96. The molecule has 0 saturated carbocycles. The Morgan fingerprint density at radius 1 is 1.40 bits per heavy atom. The summed E-state index contributed by atoms with van der Waals surface area (Å²) >= 11 is 0. The lowest BCUT2D eigenvalue weighted by molar-refractivity contribution is 0.460. The van der Waals surface area contributed by atoms with Crippen LogP contribution < -0.4 is 0 Å². The third-order valence-corrected chi connectivity index (χ3v) is 4.45. The summed E-state index contributed by atoms with van der Waals surface area (Å²) in [5.41, 5.74) is 2.75. The predicted molar refractivity (Wildman–Crippen MR) is 119 cm³/mol. The van der Waals surface area contributed by atoms with Crippen LogP contribution in [0.25, 0.3) is 0 Å². The molecule has 0 atom stereocenters. The summed E-state index contributed by atoms with van der Waals surface area (Å²) in [6, 6.07) is 1.99. The van der Waals surface area contributed by atoms with Gasteiger partial charge in [0.25, 0.3) is 0 Å². The average Bonchev–Trinajstić information content (AvgIpc) is 2.94. The highest BCUT2D eigenvalue weighted by molar-refractivity contribution is 6.31. The second-order valence-electron chi connectivity index (χ2n) is 6.36. The maximum atomic E-state index is 14.8. The second-order valence-corrected chi connectivity index (χ2v) is 6.36. The van der Waals surface area contributed by atoms with Crippen molar-refractivity contribution in [2.45, 2.75) is 26.7 Å². The van der Waals surface area contributed by atoms with Crippen molar-refractivity contribution in [3.05, 3.63) is 95.3 Å². The molecule has 0 aromatic rings. The van der Waals surface area contributed by atoms with Crippen LogP contribution >= 0.6 is 0 Å². The Labute approximate surface area is 176 Å². The summed E-state index contributed by atoms with van der Waals surface area (Å²) in [4.78, 5) is 4.44. The molecule has 4 nitrogen and oxygen atoms in total. The van der Waals surface area contributed by atoms with Gasteiger partial charge in [0.1, 0.15) is 18.3 Å². The van der Waals surface area contributed by atoms with E-state index in [1.165, 1.54) is 24.3 Å². The Hall–Kier alpha value is -3.59. The molecular weight excluding hydrogens is 382 g/mol. The van der Waals surface area contributed by atoms with E-state index in [2.05, 4.69) is 23.3 Å². The van der Waals surface area contributed by atoms with E-state index in [0.29, 0.717) is 23.5 Å². The van der Waals surface area contributed by atoms with E-state index in [-0.39, 0.29) is 16.7 Å². The highest BCUT2D eigenvalue weighted by Crippen LogP contribution is 2.33. The normalized spacial score (nSPS) is 17.8. The largest absolute Gasteiger partial charge is 0.247 e. The van der Waals surface area contributed by atoms with Gasteiger partial charge in [0.15, 0.2) is 0 Å². The Bertz CT molecular complexity index is 1010. The maximum Gasteiger partial charge on any atom is 0.147 e. The van der Waals surface area contributed by atoms with E-state index in [9.17, 15) is 14.0 Å². The first-order valence-corrected chi connectivity index (χ1v) is 9.54. The van der Waals surface area contributed by atoms with Crippen LogP contribution in [0.3, 0.4) is 0 Å². The minimum atomic E-state index is -0.654. The number of aliphatic imine (C=N–C) groups is 1. The fraction of sp³-hybridized carbons (Fsp3) is 0.208. The van der Waals surface area contributed by atoms with Crippen molar-refractivity contribution in [1.29, 1.82) is 5.26 Å². The molecule has 0 spiro atoms. The molecule has 0 radical (unpaired) electrons. The molecule has 154 valence electrons.